The van der Waals surface area contributed by atoms with Gasteiger partial charge in [0.05, 0.1) is 24.2 Å². The van der Waals surface area contributed by atoms with Crippen molar-refractivity contribution in [2.24, 2.45) is 0 Å². The van der Waals surface area contributed by atoms with Gasteiger partial charge in [-0.2, -0.15) is 0 Å². The fraction of sp³-hybridized carbons (Fsp3) is 1.00. The molecule has 0 aromatic heterocycles. The molecule has 1 aliphatic rings. The fourth-order valence-electron chi connectivity index (χ4n) is 0.296. The quantitative estimate of drug-likeness (QED) is 0.256. The van der Waals surface area contributed by atoms with Crippen LogP contribution in [0.3, 0.4) is 0 Å². The van der Waals surface area contributed by atoms with Gasteiger partial charge in [0.1, 0.15) is 6.10 Å². The summed E-state index contributed by atoms with van der Waals surface area (Å²) in [7, 11) is -2.38. The summed E-state index contributed by atoms with van der Waals surface area (Å²) in [6.45, 7) is 0.785. The molecule has 1 saturated heterocycles. The van der Waals surface area contributed by atoms with Crippen molar-refractivity contribution in [1.29, 1.82) is 0 Å². The zero-order chi connectivity index (χ0) is 5.98. The Balaban J connectivity index is 0.000000640. The summed E-state index contributed by atoms with van der Waals surface area (Å²) in [5.74, 6) is 0. The van der Waals surface area contributed by atoms with E-state index in [4.69, 9.17) is 0 Å². The molecule has 9 heavy (non-hydrogen) atoms. The van der Waals surface area contributed by atoms with Gasteiger partial charge in [-0.3, -0.25) is 0 Å². The van der Waals surface area contributed by atoms with Gasteiger partial charge in [0.25, 0.3) is 0 Å². The molecule has 4 nitrogen and oxygen atoms in total. The van der Waals surface area contributed by atoms with Gasteiger partial charge in [0.15, 0.2) is 0 Å². The van der Waals surface area contributed by atoms with Gasteiger partial charge < -0.3 is 17.3 Å². The van der Waals surface area contributed by atoms with Gasteiger partial charge in [-0.15, -0.1) is 0 Å². The van der Waals surface area contributed by atoms with E-state index in [9.17, 15) is 8.42 Å². The van der Waals surface area contributed by atoms with Crippen LogP contribution in [0.5, 0.6) is 0 Å². The summed E-state index contributed by atoms with van der Waals surface area (Å²) in [6.07, 6.45) is 0.0212. The van der Waals surface area contributed by atoms with Crippen LogP contribution in [0.15, 0.2) is 0 Å². The minimum atomic E-state index is -2.38. The van der Waals surface area contributed by atoms with Crippen LogP contribution in [-0.4, -0.2) is 19.3 Å². The molecule has 1 rings (SSSR count). The number of hydrogen-bond acceptors (Lipinski definition) is 5. The molecule has 1 fully saturated rings. The molecule has 1 atom stereocenters. The standard InChI is InChI=1S/C3H5O4S.K/c4-8(5)7-2-3-1-6-3;/h3H,1-2H2;/q-1;+1. The summed E-state index contributed by atoms with van der Waals surface area (Å²) in [5, 5.41) is 0. The first-order valence-electron chi connectivity index (χ1n) is 2.13. The number of ether oxygens (including phenoxy) is 1. The third kappa shape index (κ3) is 5.93. The Hall–Kier alpha value is 1.51. The average molecular weight is 176 g/mol. The molecule has 0 aromatic rings. The van der Waals surface area contributed by atoms with Crippen molar-refractivity contribution in [1.82, 2.24) is 0 Å². The SMILES string of the molecule is O=[S-](=O)OCC1CO1.[K+]. The topological polar surface area (TPSA) is 55.9 Å². The Morgan fingerprint density at radius 3 is 2.56 bits per heavy atom. The molecule has 1 unspecified atom stereocenters. The maximum atomic E-state index is 9.65. The van der Waals surface area contributed by atoms with E-state index < -0.39 is 11.0 Å². The van der Waals surface area contributed by atoms with Crippen molar-refractivity contribution >= 4 is 11.0 Å². The van der Waals surface area contributed by atoms with Gasteiger partial charge in [0.2, 0.25) is 0 Å². The molecule has 6 heteroatoms. The number of epoxide rings is 1. The Bertz CT molecular complexity index is 133. The molecule has 0 bridgehead atoms. The summed E-state index contributed by atoms with van der Waals surface area (Å²) in [5.41, 5.74) is 0. The Morgan fingerprint density at radius 1 is 1.67 bits per heavy atom. The third-order valence-corrected chi connectivity index (χ3v) is 1.08. The zero-order valence-corrected chi connectivity index (χ0v) is 8.97. The van der Waals surface area contributed by atoms with Crippen LogP contribution in [0.1, 0.15) is 0 Å². The molecule has 1 heterocycles. The van der Waals surface area contributed by atoms with E-state index in [2.05, 4.69) is 8.92 Å². The van der Waals surface area contributed by atoms with Crippen molar-refractivity contribution < 1.29 is 68.7 Å². The van der Waals surface area contributed by atoms with Gasteiger partial charge >= 0.3 is 51.4 Å². The first kappa shape index (κ1) is 10.5. The third-order valence-electron chi connectivity index (χ3n) is 0.753. The number of rotatable bonds is 3. The van der Waals surface area contributed by atoms with Gasteiger partial charge in [-0.25, -0.2) is 0 Å². The second-order valence-electron chi connectivity index (χ2n) is 1.44. The zero-order valence-electron chi connectivity index (χ0n) is 5.03. The van der Waals surface area contributed by atoms with E-state index in [0.29, 0.717) is 6.61 Å². The fourth-order valence-corrected chi connectivity index (χ4v) is 0.559. The largest absolute Gasteiger partial charge is 1.00 e. The van der Waals surface area contributed by atoms with Crippen LogP contribution in [0.2, 0.25) is 0 Å². The monoisotopic (exact) mass is 176 g/mol. The van der Waals surface area contributed by atoms with E-state index in [-0.39, 0.29) is 64.1 Å². The van der Waals surface area contributed by atoms with Crippen molar-refractivity contribution in [3.05, 3.63) is 0 Å². The Labute approximate surface area is 97.5 Å². The summed E-state index contributed by atoms with van der Waals surface area (Å²) >= 11 is 0. The van der Waals surface area contributed by atoms with Crippen LogP contribution in [0.4, 0.5) is 0 Å². The van der Waals surface area contributed by atoms with Gasteiger partial charge in [0, 0.05) is 0 Å². The minimum absolute atomic E-state index is 0. The van der Waals surface area contributed by atoms with Gasteiger partial charge in [-0.1, -0.05) is 0 Å². The minimum Gasteiger partial charge on any atom is -0.421 e. The molecule has 0 spiro atoms. The van der Waals surface area contributed by atoms with Crippen molar-refractivity contribution in [2.75, 3.05) is 13.2 Å². The normalized spacial score (nSPS) is 23.4. The predicted molar refractivity (Wildman–Crippen MR) is 24.4 cm³/mol. The first-order chi connectivity index (χ1) is 3.79. The van der Waals surface area contributed by atoms with Crippen LogP contribution in [0, 0.1) is 0 Å². The van der Waals surface area contributed by atoms with E-state index in [1.165, 1.54) is 0 Å². The maximum absolute atomic E-state index is 9.65. The molecule has 0 radical (unpaired) electrons. The van der Waals surface area contributed by atoms with Crippen LogP contribution in [0.25, 0.3) is 0 Å². The predicted octanol–water partition coefficient (Wildman–Crippen LogP) is -3.37. The van der Waals surface area contributed by atoms with Crippen molar-refractivity contribution in [3.8, 4) is 0 Å². The average Bonchev–Trinajstić information content (AvgIpc) is 2.41. The van der Waals surface area contributed by atoms with E-state index in [0.717, 1.165) is 0 Å². The summed E-state index contributed by atoms with van der Waals surface area (Å²) in [4.78, 5) is 0. The second-order valence-corrected chi connectivity index (χ2v) is 2.09. The molecule has 0 aromatic carbocycles. The van der Waals surface area contributed by atoms with E-state index in [1.807, 2.05) is 0 Å². The Morgan fingerprint density at radius 2 is 2.22 bits per heavy atom. The van der Waals surface area contributed by atoms with Crippen LogP contribution in [-0.2, 0) is 28.3 Å². The van der Waals surface area contributed by atoms with E-state index in [1.54, 1.807) is 0 Å². The molecular weight excluding hydrogens is 171 g/mol. The summed E-state index contributed by atoms with van der Waals surface area (Å²) < 4.78 is 28.1. The van der Waals surface area contributed by atoms with Crippen LogP contribution >= 0.6 is 0 Å². The van der Waals surface area contributed by atoms with Crippen molar-refractivity contribution in [2.45, 2.75) is 6.10 Å². The molecule has 0 amide bonds. The first-order valence-corrected chi connectivity index (χ1v) is 3.13. The van der Waals surface area contributed by atoms with Gasteiger partial charge in [-0.05, 0) is 0 Å². The molecule has 1 aliphatic heterocycles. The molecule has 0 aliphatic carbocycles. The van der Waals surface area contributed by atoms with Crippen molar-refractivity contribution in [3.63, 3.8) is 0 Å². The molecule has 0 N–H and O–H groups in total. The number of hydrogen-bond donors (Lipinski definition) is 0. The molecular formula is C3H5KO4S. The Kier molecular flexibility index (Phi) is 6.07. The van der Waals surface area contributed by atoms with Crippen LogP contribution < -0.4 is 51.4 Å². The second kappa shape index (κ2) is 5.20. The van der Waals surface area contributed by atoms with E-state index >= 15 is 0 Å². The smallest absolute Gasteiger partial charge is 0.421 e. The maximum Gasteiger partial charge on any atom is 1.00 e. The molecule has 0 saturated carbocycles. The molecule has 48 valence electrons. The summed E-state index contributed by atoms with van der Waals surface area (Å²) in [6, 6.07) is 0.